The summed E-state index contributed by atoms with van der Waals surface area (Å²) in [5, 5.41) is 17.6. The fraction of sp³-hybridized carbons (Fsp3) is 0.143. The third-order valence-electron chi connectivity index (χ3n) is 1.28. The summed E-state index contributed by atoms with van der Waals surface area (Å²) in [5.41, 5.74) is 0.0926. The molecular weight excluding hydrogens is 171 g/mol. The number of benzene rings is 1. The zero-order valence-electron chi connectivity index (χ0n) is 5.51. The van der Waals surface area contributed by atoms with Gasteiger partial charge in [0.25, 0.3) is 0 Å². The first-order chi connectivity index (χ1) is 5.15. The molecule has 2 nitrogen and oxygen atoms in total. The van der Waals surface area contributed by atoms with Gasteiger partial charge in [0.05, 0.1) is 11.6 Å². The number of aliphatic hydroxyl groups is 1. The van der Waals surface area contributed by atoms with E-state index in [1.165, 1.54) is 0 Å². The van der Waals surface area contributed by atoms with Crippen LogP contribution in [0, 0.1) is 5.82 Å². The van der Waals surface area contributed by atoms with Crippen LogP contribution in [0.4, 0.5) is 4.39 Å². The molecule has 0 amide bonds. The number of halogens is 2. The Kier molecular flexibility index (Phi) is 2.31. The van der Waals surface area contributed by atoms with Crippen LogP contribution in [0.2, 0.25) is 5.02 Å². The van der Waals surface area contributed by atoms with E-state index in [1.807, 2.05) is 0 Å². The predicted octanol–water partition coefficient (Wildman–Crippen LogP) is 1.68. The lowest BCUT2D eigenvalue weighted by molar-refractivity contribution is 0.275. The van der Waals surface area contributed by atoms with Gasteiger partial charge < -0.3 is 10.2 Å². The molecule has 2 N–H and O–H groups in total. The molecular formula is C7H6ClFO2. The van der Waals surface area contributed by atoms with Crippen molar-refractivity contribution in [2.45, 2.75) is 6.61 Å². The van der Waals surface area contributed by atoms with Gasteiger partial charge in [-0.25, -0.2) is 4.39 Å². The Morgan fingerprint density at radius 2 is 2.09 bits per heavy atom. The van der Waals surface area contributed by atoms with Crippen LogP contribution in [-0.2, 0) is 6.61 Å². The van der Waals surface area contributed by atoms with Gasteiger partial charge in [-0.3, -0.25) is 0 Å². The van der Waals surface area contributed by atoms with Crippen molar-refractivity contribution in [3.8, 4) is 5.75 Å². The van der Waals surface area contributed by atoms with Gasteiger partial charge in [0.2, 0.25) is 0 Å². The van der Waals surface area contributed by atoms with Crippen molar-refractivity contribution in [2.24, 2.45) is 0 Å². The van der Waals surface area contributed by atoms with E-state index in [0.29, 0.717) is 0 Å². The summed E-state index contributed by atoms with van der Waals surface area (Å²) in [6.45, 7) is -0.427. The summed E-state index contributed by atoms with van der Waals surface area (Å²) in [7, 11) is 0. The van der Waals surface area contributed by atoms with E-state index in [-0.39, 0.29) is 16.3 Å². The molecule has 1 aromatic carbocycles. The van der Waals surface area contributed by atoms with Crippen molar-refractivity contribution in [1.29, 1.82) is 0 Å². The average Bonchev–Trinajstić information content (AvgIpc) is 1.96. The highest BCUT2D eigenvalue weighted by Crippen LogP contribution is 2.28. The van der Waals surface area contributed by atoms with Crippen LogP contribution in [0.3, 0.4) is 0 Å². The average molecular weight is 177 g/mol. The van der Waals surface area contributed by atoms with Crippen LogP contribution in [0.25, 0.3) is 0 Å². The maximum absolute atomic E-state index is 12.5. The summed E-state index contributed by atoms with van der Waals surface area (Å²) >= 11 is 5.40. The van der Waals surface area contributed by atoms with Crippen LogP contribution in [0.15, 0.2) is 12.1 Å². The number of aromatic hydroxyl groups is 1. The number of phenols is 1. The lowest BCUT2D eigenvalue weighted by Crippen LogP contribution is -1.86. The Morgan fingerprint density at radius 3 is 2.64 bits per heavy atom. The van der Waals surface area contributed by atoms with Crippen LogP contribution in [0.1, 0.15) is 5.56 Å². The van der Waals surface area contributed by atoms with Gasteiger partial charge in [0, 0.05) is 5.56 Å². The minimum Gasteiger partial charge on any atom is -0.506 e. The minimum atomic E-state index is -0.572. The predicted molar refractivity (Wildman–Crippen MR) is 39.0 cm³/mol. The first-order valence-electron chi connectivity index (χ1n) is 2.93. The molecule has 0 aliphatic rings. The van der Waals surface area contributed by atoms with Crippen LogP contribution in [-0.4, -0.2) is 10.2 Å². The molecule has 0 spiro atoms. The molecule has 0 radical (unpaired) electrons. The second kappa shape index (κ2) is 3.07. The number of aliphatic hydroxyl groups excluding tert-OH is 1. The van der Waals surface area contributed by atoms with Gasteiger partial charge in [0.15, 0.2) is 0 Å². The van der Waals surface area contributed by atoms with E-state index in [1.54, 1.807) is 0 Å². The highest BCUT2D eigenvalue weighted by molar-refractivity contribution is 6.32. The van der Waals surface area contributed by atoms with Gasteiger partial charge in [-0.15, -0.1) is 0 Å². The molecule has 0 atom stereocenters. The number of hydrogen-bond donors (Lipinski definition) is 2. The SMILES string of the molecule is OCc1cc(F)cc(Cl)c1O. The normalized spacial score (nSPS) is 10.1. The Bertz CT molecular complexity index is 275. The fourth-order valence-corrected chi connectivity index (χ4v) is 0.965. The fourth-order valence-electron chi connectivity index (χ4n) is 0.740. The molecule has 60 valence electrons. The Morgan fingerprint density at radius 1 is 1.45 bits per heavy atom. The Hall–Kier alpha value is -0.800. The van der Waals surface area contributed by atoms with Gasteiger partial charge >= 0.3 is 0 Å². The van der Waals surface area contributed by atoms with Crippen molar-refractivity contribution >= 4 is 11.6 Å². The highest BCUT2D eigenvalue weighted by atomic mass is 35.5. The maximum atomic E-state index is 12.5. The van der Waals surface area contributed by atoms with E-state index in [9.17, 15) is 4.39 Å². The summed E-state index contributed by atoms with van der Waals surface area (Å²) in [6, 6.07) is 2.01. The molecule has 0 aliphatic heterocycles. The third-order valence-corrected chi connectivity index (χ3v) is 1.57. The molecule has 0 unspecified atom stereocenters. The first-order valence-corrected chi connectivity index (χ1v) is 3.30. The molecule has 1 rings (SSSR count). The van der Waals surface area contributed by atoms with Crippen molar-refractivity contribution in [1.82, 2.24) is 0 Å². The summed E-state index contributed by atoms with van der Waals surface area (Å²) in [4.78, 5) is 0. The molecule has 0 saturated heterocycles. The van der Waals surface area contributed by atoms with Crippen LogP contribution in [0.5, 0.6) is 5.75 Å². The summed E-state index contributed by atoms with van der Waals surface area (Å²) < 4.78 is 12.5. The van der Waals surface area contributed by atoms with Gasteiger partial charge in [-0.1, -0.05) is 11.6 Å². The van der Waals surface area contributed by atoms with Crippen molar-refractivity contribution in [2.75, 3.05) is 0 Å². The van der Waals surface area contributed by atoms with E-state index in [4.69, 9.17) is 21.8 Å². The molecule has 0 heterocycles. The smallest absolute Gasteiger partial charge is 0.139 e. The molecule has 0 fully saturated rings. The lowest BCUT2D eigenvalue weighted by atomic mass is 10.2. The lowest BCUT2D eigenvalue weighted by Gasteiger charge is -2.02. The Balaban J connectivity index is 3.24. The van der Waals surface area contributed by atoms with Crippen molar-refractivity contribution < 1.29 is 14.6 Å². The third kappa shape index (κ3) is 1.61. The van der Waals surface area contributed by atoms with Gasteiger partial charge in [-0.2, -0.15) is 0 Å². The van der Waals surface area contributed by atoms with Gasteiger partial charge in [0.1, 0.15) is 11.6 Å². The van der Waals surface area contributed by atoms with E-state index in [2.05, 4.69) is 0 Å². The molecule has 1 aromatic rings. The minimum absolute atomic E-state index is 0.0888. The Labute approximate surface area is 67.9 Å². The molecule has 0 aromatic heterocycles. The molecule has 0 saturated carbocycles. The maximum Gasteiger partial charge on any atom is 0.139 e. The second-order valence-corrected chi connectivity index (χ2v) is 2.46. The molecule has 0 aliphatic carbocycles. The molecule has 11 heavy (non-hydrogen) atoms. The monoisotopic (exact) mass is 176 g/mol. The zero-order chi connectivity index (χ0) is 8.43. The van der Waals surface area contributed by atoms with Gasteiger partial charge in [-0.05, 0) is 12.1 Å². The van der Waals surface area contributed by atoms with E-state index >= 15 is 0 Å². The van der Waals surface area contributed by atoms with Crippen LogP contribution >= 0.6 is 11.6 Å². The van der Waals surface area contributed by atoms with E-state index < -0.39 is 12.4 Å². The molecule has 4 heteroatoms. The summed E-state index contributed by atoms with van der Waals surface area (Å²) in [6.07, 6.45) is 0. The number of hydrogen-bond acceptors (Lipinski definition) is 2. The largest absolute Gasteiger partial charge is 0.506 e. The van der Waals surface area contributed by atoms with Crippen molar-refractivity contribution in [3.63, 3.8) is 0 Å². The quantitative estimate of drug-likeness (QED) is 0.684. The second-order valence-electron chi connectivity index (χ2n) is 2.05. The van der Waals surface area contributed by atoms with Crippen molar-refractivity contribution in [3.05, 3.63) is 28.5 Å². The van der Waals surface area contributed by atoms with Crippen LogP contribution < -0.4 is 0 Å². The standard InChI is InChI=1S/C7H6ClFO2/c8-6-2-5(9)1-4(3-10)7(6)11/h1-2,10-11H,3H2. The zero-order valence-corrected chi connectivity index (χ0v) is 6.27. The topological polar surface area (TPSA) is 40.5 Å². The first kappa shape index (κ1) is 8.30. The molecule has 0 bridgehead atoms. The summed E-state index contributed by atoms with van der Waals surface area (Å²) in [5.74, 6) is -0.840. The highest BCUT2D eigenvalue weighted by Gasteiger charge is 2.06. The van der Waals surface area contributed by atoms with E-state index in [0.717, 1.165) is 12.1 Å². The number of rotatable bonds is 1.